The summed E-state index contributed by atoms with van der Waals surface area (Å²) in [5, 5.41) is 12.6. The molecule has 2 heterocycles. The van der Waals surface area contributed by atoms with Gasteiger partial charge in [-0.3, -0.25) is 9.69 Å². The maximum absolute atomic E-state index is 12.7. The molecule has 0 saturated carbocycles. The number of hydrogen-bond acceptors (Lipinski definition) is 4. The van der Waals surface area contributed by atoms with Gasteiger partial charge in [-0.25, -0.2) is 0 Å². The van der Waals surface area contributed by atoms with Gasteiger partial charge >= 0.3 is 0 Å². The molecule has 2 fully saturated rings. The predicted molar refractivity (Wildman–Crippen MR) is 101 cm³/mol. The third-order valence-corrected chi connectivity index (χ3v) is 5.66. The van der Waals surface area contributed by atoms with E-state index in [4.69, 9.17) is 4.74 Å². The summed E-state index contributed by atoms with van der Waals surface area (Å²) in [5.74, 6) is 0.779. The van der Waals surface area contributed by atoms with Crippen molar-refractivity contribution in [3.8, 4) is 5.75 Å². The first-order valence-corrected chi connectivity index (χ1v) is 9.51. The Morgan fingerprint density at radius 1 is 1.04 bits per heavy atom. The van der Waals surface area contributed by atoms with E-state index in [2.05, 4.69) is 17.0 Å². The lowest BCUT2D eigenvalue weighted by Gasteiger charge is -2.35. The van der Waals surface area contributed by atoms with Crippen molar-refractivity contribution in [2.45, 2.75) is 19.4 Å². The maximum Gasteiger partial charge on any atom is 0.225 e. The molecule has 5 heteroatoms. The number of benzene rings is 2. The van der Waals surface area contributed by atoms with Crippen molar-refractivity contribution >= 4 is 16.7 Å². The lowest BCUT2D eigenvalue weighted by Crippen LogP contribution is -2.46. The molecule has 2 aliphatic heterocycles. The van der Waals surface area contributed by atoms with Crippen LogP contribution in [0.15, 0.2) is 36.4 Å². The topological polar surface area (TPSA) is 53.0 Å². The van der Waals surface area contributed by atoms with Crippen LogP contribution in [0.5, 0.6) is 5.75 Å². The smallest absolute Gasteiger partial charge is 0.225 e. The molecule has 0 bridgehead atoms. The molecule has 138 valence electrons. The zero-order valence-corrected chi connectivity index (χ0v) is 15.1. The number of piperidine rings is 1. The first-order valence-electron chi connectivity index (χ1n) is 9.51. The van der Waals surface area contributed by atoms with Gasteiger partial charge in [-0.15, -0.1) is 0 Å². The van der Waals surface area contributed by atoms with Crippen molar-refractivity contribution in [1.29, 1.82) is 0 Å². The van der Waals surface area contributed by atoms with Gasteiger partial charge in [-0.1, -0.05) is 30.3 Å². The predicted octanol–water partition coefficient (Wildman–Crippen LogP) is 2.62. The number of carbonyl (C=O) groups excluding carboxylic acids is 1. The monoisotopic (exact) mass is 354 g/mol. The van der Waals surface area contributed by atoms with Crippen molar-refractivity contribution in [3.05, 3.63) is 42.0 Å². The number of nitrogens with zero attached hydrogens (tertiary/aromatic N) is 2. The normalized spacial score (nSPS) is 19.8. The highest BCUT2D eigenvalue weighted by Crippen LogP contribution is 2.30. The molecule has 4 rings (SSSR count). The number of carbonyl (C=O) groups is 1. The second-order valence-corrected chi connectivity index (χ2v) is 7.27. The summed E-state index contributed by atoms with van der Waals surface area (Å²) in [6.45, 7) is 5.28. The number of aromatic hydroxyl groups is 1. The number of fused-ring (bicyclic) bond motifs is 1. The van der Waals surface area contributed by atoms with Gasteiger partial charge in [0.2, 0.25) is 5.91 Å². The molecule has 5 nitrogen and oxygen atoms in total. The van der Waals surface area contributed by atoms with Crippen LogP contribution in [0.4, 0.5) is 0 Å². The van der Waals surface area contributed by atoms with Crippen LogP contribution in [0.3, 0.4) is 0 Å². The fourth-order valence-corrected chi connectivity index (χ4v) is 4.09. The van der Waals surface area contributed by atoms with Crippen LogP contribution in [-0.4, -0.2) is 60.2 Å². The number of likely N-dealkylation sites (tertiary alicyclic amines) is 1. The Morgan fingerprint density at radius 2 is 1.77 bits per heavy atom. The molecule has 1 amide bonds. The van der Waals surface area contributed by atoms with E-state index in [1.165, 1.54) is 0 Å². The third kappa shape index (κ3) is 3.55. The molecule has 26 heavy (non-hydrogen) atoms. The van der Waals surface area contributed by atoms with E-state index in [1.807, 2.05) is 23.1 Å². The van der Waals surface area contributed by atoms with Crippen LogP contribution in [0.1, 0.15) is 18.4 Å². The number of hydrogen-bond donors (Lipinski definition) is 1. The van der Waals surface area contributed by atoms with E-state index in [0.29, 0.717) is 24.9 Å². The Labute approximate surface area is 154 Å². The molecule has 2 aliphatic rings. The van der Waals surface area contributed by atoms with Gasteiger partial charge in [0.1, 0.15) is 5.75 Å². The number of rotatable bonds is 3. The fraction of sp³-hybridized carbons (Fsp3) is 0.476. The van der Waals surface area contributed by atoms with Gasteiger partial charge in [0.25, 0.3) is 0 Å². The van der Waals surface area contributed by atoms with E-state index in [1.54, 1.807) is 6.07 Å². The second-order valence-electron chi connectivity index (χ2n) is 7.27. The van der Waals surface area contributed by atoms with Gasteiger partial charge in [-0.05, 0) is 42.8 Å². The molecular formula is C21H26N2O3. The molecule has 2 saturated heterocycles. The summed E-state index contributed by atoms with van der Waals surface area (Å²) in [6, 6.07) is 11.9. The van der Waals surface area contributed by atoms with E-state index in [9.17, 15) is 9.90 Å². The summed E-state index contributed by atoms with van der Waals surface area (Å²) in [5.41, 5.74) is 0.987. The van der Waals surface area contributed by atoms with Crippen LogP contribution in [0, 0.1) is 5.92 Å². The van der Waals surface area contributed by atoms with Crippen LogP contribution < -0.4 is 0 Å². The zero-order chi connectivity index (χ0) is 17.9. The van der Waals surface area contributed by atoms with Gasteiger partial charge in [0, 0.05) is 31.1 Å². The van der Waals surface area contributed by atoms with Gasteiger partial charge in [0.15, 0.2) is 0 Å². The minimum atomic E-state index is 0.130. The minimum absolute atomic E-state index is 0.130. The molecule has 0 radical (unpaired) electrons. The number of morpholine rings is 1. The number of phenols is 1. The molecule has 0 atom stereocenters. The molecule has 0 unspecified atom stereocenters. The van der Waals surface area contributed by atoms with Crippen LogP contribution in [-0.2, 0) is 16.1 Å². The highest BCUT2D eigenvalue weighted by Gasteiger charge is 2.29. The zero-order valence-electron chi connectivity index (χ0n) is 15.1. The van der Waals surface area contributed by atoms with Gasteiger partial charge < -0.3 is 14.7 Å². The molecule has 1 N–H and O–H groups in total. The Morgan fingerprint density at radius 3 is 2.54 bits per heavy atom. The van der Waals surface area contributed by atoms with Crippen LogP contribution in [0.2, 0.25) is 0 Å². The molecule has 2 aromatic rings. The number of phenolic OH excluding ortho intramolecular Hbond substituents is 1. The summed E-state index contributed by atoms with van der Waals surface area (Å²) < 4.78 is 5.34. The van der Waals surface area contributed by atoms with Crippen molar-refractivity contribution in [1.82, 2.24) is 9.80 Å². The van der Waals surface area contributed by atoms with Crippen LogP contribution >= 0.6 is 0 Å². The Kier molecular flexibility index (Phi) is 5.09. The lowest BCUT2D eigenvalue weighted by molar-refractivity contribution is -0.141. The van der Waals surface area contributed by atoms with Crippen molar-refractivity contribution in [2.75, 3.05) is 39.4 Å². The van der Waals surface area contributed by atoms with E-state index in [-0.39, 0.29) is 5.92 Å². The standard InChI is InChI=1S/C21H26N2O3/c24-20-6-5-16-3-1-2-4-18(16)19(20)15-22-9-7-17(8-10-22)21(25)23-11-13-26-14-12-23/h1-6,17,24H,7-15H2. The highest BCUT2D eigenvalue weighted by molar-refractivity contribution is 5.87. The van der Waals surface area contributed by atoms with Crippen molar-refractivity contribution < 1.29 is 14.6 Å². The van der Waals surface area contributed by atoms with Gasteiger partial charge in [-0.2, -0.15) is 0 Å². The van der Waals surface area contributed by atoms with E-state index in [0.717, 1.165) is 61.9 Å². The first kappa shape index (κ1) is 17.3. The largest absolute Gasteiger partial charge is 0.508 e. The average Bonchev–Trinajstić information content (AvgIpc) is 2.71. The SMILES string of the molecule is O=C(C1CCN(Cc2c(O)ccc3ccccc23)CC1)N1CCOCC1. The third-order valence-electron chi connectivity index (χ3n) is 5.66. The molecule has 2 aromatic carbocycles. The Balaban J connectivity index is 1.40. The van der Waals surface area contributed by atoms with E-state index >= 15 is 0 Å². The highest BCUT2D eigenvalue weighted by atomic mass is 16.5. The Bertz CT molecular complexity index is 778. The molecule has 0 aliphatic carbocycles. The summed E-state index contributed by atoms with van der Waals surface area (Å²) in [6.07, 6.45) is 1.78. The molecule has 0 aromatic heterocycles. The molecular weight excluding hydrogens is 328 g/mol. The second kappa shape index (κ2) is 7.64. The average molecular weight is 354 g/mol. The quantitative estimate of drug-likeness (QED) is 0.921. The Hall–Kier alpha value is -2.11. The van der Waals surface area contributed by atoms with Crippen molar-refractivity contribution in [3.63, 3.8) is 0 Å². The van der Waals surface area contributed by atoms with Gasteiger partial charge in [0.05, 0.1) is 13.2 Å². The summed E-state index contributed by atoms with van der Waals surface area (Å²) in [4.78, 5) is 17.0. The van der Waals surface area contributed by atoms with Crippen molar-refractivity contribution in [2.24, 2.45) is 5.92 Å². The molecule has 0 spiro atoms. The maximum atomic E-state index is 12.7. The summed E-state index contributed by atoms with van der Waals surface area (Å²) >= 11 is 0. The minimum Gasteiger partial charge on any atom is -0.508 e. The lowest BCUT2D eigenvalue weighted by atomic mass is 9.94. The fourth-order valence-electron chi connectivity index (χ4n) is 4.09. The van der Waals surface area contributed by atoms with Crippen LogP contribution in [0.25, 0.3) is 10.8 Å². The van der Waals surface area contributed by atoms with E-state index < -0.39 is 0 Å². The number of amides is 1. The number of ether oxygens (including phenoxy) is 1. The summed E-state index contributed by atoms with van der Waals surface area (Å²) in [7, 11) is 0. The first-order chi connectivity index (χ1) is 12.7.